The molecule has 4 aromatic carbocycles. The molecule has 2 aliphatic rings. The van der Waals surface area contributed by atoms with Crippen LogP contribution in [-0.2, 0) is 28.2 Å². The van der Waals surface area contributed by atoms with E-state index in [0.29, 0.717) is 30.8 Å². The van der Waals surface area contributed by atoms with E-state index in [4.69, 9.17) is 26.8 Å². The summed E-state index contributed by atoms with van der Waals surface area (Å²) in [6.45, 7) is 2.80. The molecule has 0 unspecified atom stereocenters. The van der Waals surface area contributed by atoms with Gasteiger partial charge in [-0.3, -0.25) is 0 Å². The molecule has 4 N–H and O–H groups in total. The second-order valence-corrected chi connectivity index (χ2v) is 12.2. The molecular formula is C36H39ClN2O4. The van der Waals surface area contributed by atoms with Crippen molar-refractivity contribution in [1.29, 1.82) is 0 Å². The zero-order valence-electron chi connectivity index (χ0n) is 24.2. The molecule has 2 fully saturated rings. The Bertz CT molecular complexity index is 1500. The fourth-order valence-corrected chi connectivity index (χ4v) is 6.34. The van der Waals surface area contributed by atoms with Crippen molar-refractivity contribution in [2.24, 2.45) is 5.73 Å². The van der Waals surface area contributed by atoms with Crippen LogP contribution in [0.5, 0.6) is 0 Å². The van der Waals surface area contributed by atoms with Crippen LogP contribution in [0, 0.1) is 0 Å². The van der Waals surface area contributed by atoms with Crippen LogP contribution in [0.3, 0.4) is 0 Å². The van der Waals surface area contributed by atoms with E-state index in [-0.39, 0.29) is 18.8 Å². The van der Waals surface area contributed by atoms with E-state index in [0.717, 1.165) is 58.6 Å². The number of piperidine rings is 1. The first-order valence-corrected chi connectivity index (χ1v) is 15.4. The summed E-state index contributed by atoms with van der Waals surface area (Å²) < 4.78 is 13.3. The van der Waals surface area contributed by atoms with Crippen molar-refractivity contribution in [2.45, 2.75) is 56.5 Å². The van der Waals surface area contributed by atoms with Crippen molar-refractivity contribution in [3.63, 3.8) is 0 Å². The van der Waals surface area contributed by atoms with E-state index < -0.39 is 11.9 Å². The summed E-state index contributed by atoms with van der Waals surface area (Å²) in [5.74, 6) is 0. The maximum Gasteiger partial charge on any atom is 0.184 e. The predicted molar refractivity (Wildman–Crippen MR) is 169 cm³/mol. The number of halogens is 1. The molecule has 43 heavy (non-hydrogen) atoms. The molecule has 0 aromatic heterocycles. The number of nitrogens with two attached hydrogens (primary N) is 1. The minimum atomic E-state index is -0.848. The number of rotatable bonds is 8. The first-order chi connectivity index (χ1) is 20.9. The van der Waals surface area contributed by atoms with Gasteiger partial charge in [-0.2, -0.15) is 0 Å². The number of benzene rings is 4. The van der Waals surface area contributed by atoms with Crippen molar-refractivity contribution in [1.82, 2.24) is 4.90 Å². The van der Waals surface area contributed by atoms with Crippen molar-refractivity contribution in [2.75, 3.05) is 19.6 Å². The zero-order valence-corrected chi connectivity index (χ0v) is 25.0. The molecule has 2 aliphatic heterocycles. The Morgan fingerprint density at radius 1 is 0.814 bits per heavy atom. The Morgan fingerprint density at radius 3 is 2.21 bits per heavy atom. The van der Waals surface area contributed by atoms with Gasteiger partial charge in [-0.15, -0.1) is 0 Å². The van der Waals surface area contributed by atoms with Gasteiger partial charge in [0.05, 0.1) is 24.4 Å². The Labute approximate surface area is 258 Å². The number of aliphatic hydroxyl groups is 2. The van der Waals surface area contributed by atoms with Crippen molar-refractivity contribution in [3.05, 3.63) is 130 Å². The maximum atomic E-state index is 11.4. The molecule has 6 nitrogen and oxygen atoms in total. The van der Waals surface area contributed by atoms with Crippen molar-refractivity contribution >= 4 is 11.6 Å². The highest BCUT2D eigenvalue weighted by atomic mass is 35.5. The lowest BCUT2D eigenvalue weighted by Gasteiger charge is -2.42. The Hall–Kier alpha value is -3.07. The number of ether oxygens (including phenoxy) is 2. The van der Waals surface area contributed by atoms with Gasteiger partial charge in [-0.1, -0.05) is 84.4 Å². The van der Waals surface area contributed by atoms with Gasteiger partial charge < -0.3 is 30.3 Å². The van der Waals surface area contributed by atoms with E-state index in [1.54, 1.807) is 0 Å². The first-order valence-electron chi connectivity index (χ1n) is 15.0. The second-order valence-electron chi connectivity index (χ2n) is 11.7. The normalized spacial score (nSPS) is 22.4. The summed E-state index contributed by atoms with van der Waals surface area (Å²) in [6, 6.07) is 32.1. The van der Waals surface area contributed by atoms with Gasteiger partial charge in [0.1, 0.15) is 0 Å². The lowest BCUT2D eigenvalue weighted by Crippen LogP contribution is -2.46. The van der Waals surface area contributed by atoms with Gasteiger partial charge in [0, 0.05) is 43.2 Å². The van der Waals surface area contributed by atoms with E-state index in [1.165, 1.54) is 0 Å². The minimum absolute atomic E-state index is 0.00957. The van der Waals surface area contributed by atoms with Crippen molar-refractivity contribution < 1.29 is 19.7 Å². The van der Waals surface area contributed by atoms with Gasteiger partial charge in [-0.25, -0.2) is 0 Å². The van der Waals surface area contributed by atoms with Crippen LogP contribution in [-0.4, -0.2) is 40.9 Å². The summed E-state index contributed by atoms with van der Waals surface area (Å²) in [5, 5.41) is 21.6. The molecule has 4 aromatic rings. The van der Waals surface area contributed by atoms with E-state index >= 15 is 0 Å². The Morgan fingerprint density at radius 2 is 1.51 bits per heavy atom. The van der Waals surface area contributed by atoms with E-state index in [1.807, 2.05) is 66.7 Å². The zero-order chi connectivity index (χ0) is 29.8. The lowest BCUT2D eigenvalue weighted by molar-refractivity contribution is -0.253. The molecule has 0 radical (unpaired) electrons. The average Bonchev–Trinajstić information content (AvgIpc) is 3.06. The summed E-state index contributed by atoms with van der Waals surface area (Å²) in [4.78, 5) is 2.39. The number of hydrogen-bond donors (Lipinski definition) is 3. The van der Waals surface area contributed by atoms with Gasteiger partial charge in [0.25, 0.3) is 0 Å². The topological polar surface area (TPSA) is 88.2 Å². The standard InChI is InChI=1S/C36H39ClN2O4/c37-32-13-11-31(12-14-32)36(41)15-17-39(18-16-36)23-33-21-34(27-9-7-25(24-40)8-10-27)43-35(42-33)30-6-2-5-29(20-30)28-4-1-3-26(19-28)22-38/h1-14,19-20,33-35,40-41H,15-18,21-24,38H2/t33-,34+,35+/m0/s1. The lowest BCUT2D eigenvalue weighted by atomic mass is 9.84. The van der Waals surface area contributed by atoms with Gasteiger partial charge in [0.2, 0.25) is 0 Å². The molecule has 2 heterocycles. The SMILES string of the molecule is NCc1cccc(-c2cccc([C@@H]3O[C@H](CN4CCC(O)(c5ccc(Cl)cc5)CC4)C[C@H](c4ccc(CO)cc4)O3)c2)c1. The second kappa shape index (κ2) is 13.3. The highest BCUT2D eigenvalue weighted by Crippen LogP contribution is 2.40. The fourth-order valence-electron chi connectivity index (χ4n) is 6.22. The van der Waals surface area contributed by atoms with Crippen LogP contribution < -0.4 is 5.73 Å². The predicted octanol–water partition coefficient (Wildman–Crippen LogP) is 6.49. The number of likely N-dealkylation sites (tertiary alicyclic amines) is 1. The van der Waals surface area contributed by atoms with E-state index in [9.17, 15) is 10.2 Å². The highest BCUT2D eigenvalue weighted by Gasteiger charge is 2.37. The molecule has 3 atom stereocenters. The summed E-state index contributed by atoms with van der Waals surface area (Å²) in [5.41, 5.74) is 12.2. The van der Waals surface area contributed by atoms with Gasteiger partial charge >= 0.3 is 0 Å². The molecule has 0 aliphatic carbocycles. The van der Waals surface area contributed by atoms with E-state index in [2.05, 4.69) is 35.2 Å². The maximum absolute atomic E-state index is 11.4. The Kier molecular flexibility index (Phi) is 9.26. The third kappa shape index (κ3) is 7.03. The summed E-state index contributed by atoms with van der Waals surface area (Å²) >= 11 is 6.08. The molecular weight excluding hydrogens is 560 g/mol. The highest BCUT2D eigenvalue weighted by molar-refractivity contribution is 6.30. The third-order valence-corrected chi connectivity index (χ3v) is 9.05. The van der Waals surface area contributed by atoms with Crippen LogP contribution >= 0.6 is 11.6 Å². The minimum Gasteiger partial charge on any atom is -0.392 e. The quantitative estimate of drug-likeness (QED) is 0.215. The fraction of sp³-hybridized carbons (Fsp3) is 0.333. The monoisotopic (exact) mass is 598 g/mol. The van der Waals surface area contributed by atoms with Crippen LogP contribution in [0.15, 0.2) is 97.1 Å². The average molecular weight is 599 g/mol. The molecule has 7 heteroatoms. The smallest absolute Gasteiger partial charge is 0.184 e. The molecule has 2 saturated heterocycles. The van der Waals surface area contributed by atoms with Crippen LogP contribution in [0.25, 0.3) is 11.1 Å². The van der Waals surface area contributed by atoms with Gasteiger partial charge in [-0.05, 0) is 70.5 Å². The number of nitrogens with zero attached hydrogens (tertiary/aromatic N) is 1. The molecule has 0 saturated carbocycles. The number of aliphatic hydroxyl groups excluding tert-OH is 1. The van der Waals surface area contributed by atoms with Crippen molar-refractivity contribution in [3.8, 4) is 11.1 Å². The first kappa shape index (κ1) is 30.0. The molecule has 6 rings (SSSR count). The van der Waals surface area contributed by atoms with Gasteiger partial charge in [0.15, 0.2) is 6.29 Å². The molecule has 0 spiro atoms. The van der Waals surface area contributed by atoms with Crippen LogP contribution in [0.1, 0.15) is 59.5 Å². The molecule has 0 bridgehead atoms. The van der Waals surface area contributed by atoms with Crippen LogP contribution in [0.2, 0.25) is 5.02 Å². The molecule has 224 valence electrons. The number of hydrogen-bond acceptors (Lipinski definition) is 6. The summed E-state index contributed by atoms with van der Waals surface area (Å²) in [6.07, 6.45) is 1.26. The largest absolute Gasteiger partial charge is 0.392 e. The third-order valence-electron chi connectivity index (χ3n) is 8.80. The summed E-state index contributed by atoms with van der Waals surface area (Å²) in [7, 11) is 0. The molecule has 0 amide bonds. The van der Waals surface area contributed by atoms with Crippen LogP contribution in [0.4, 0.5) is 0 Å². The Balaban J connectivity index is 1.20.